The molecular formula is C16H10FN3O3. The third kappa shape index (κ3) is 2.05. The zero-order chi connectivity index (χ0) is 16.1. The SMILES string of the molecule is O=C1Cc2cc(-c3cc(C(=O)O)cc4cn[nH]c34)cc(F)c2N1. The van der Waals surface area contributed by atoms with Gasteiger partial charge in [0.05, 0.1) is 29.4 Å². The smallest absolute Gasteiger partial charge is 0.335 e. The van der Waals surface area contributed by atoms with E-state index in [0.29, 0.717) is 27.6 Å². The number of aromatic nitrogens is 2. The second kappa shape index (κ2) is 4.64. The molecular weight excluding hydrogens is 301 g/mol. The molecule has 1 aliphatic heterocycles. The maximum atomic E-state index is 14.2. The van der Waals surface area contributed by atoms with Crippen LogP contribution >= 0.6 is 0 Å². The van der Waals surface area contributed by atoms with Crippen molar-refractivity contribution in [1.82, 2.24) is 10.2 Å². The number of carbonyl (C=O) groups excluding carboxylic acids is 1. The summed E-state index contributed by atoms with van der Waals surface area (Å²) in [5.41, 5.74) is 2.47. The molecule has 114 valence electrons. The van der Waals surface area contributed by atoms with Gasteiger partial charge in [0, 0.05) is 10.9 Å². The van der Waals surface area contributed by atoms with E-state index in [1.165, 1.54) is 24.4 Å². The van der Waals surface area contributed by atoms with Crippen molar-refractivity contribution in [3.8, 4) is 11.1 Å². The van der Waals surface area contributed by atoms with Crippen LogP contribution in [0.2, 0.25) is 0 Å². The van der Waals surface area contributed by atoms with E-state index in [0.717, 1.165) is 0 Å². The summed E-state index contributed by atoms with van der Waals surface area (Å²) >= 11 is 0. The van der Waals surface area contributed by atoms with E-state index >= 15 is 0 Å². The number of carboxylic acids is 1. The standard InChI is InChI=1S/C16H10FN3O3/c17-12-4-7(1-8-5-13(21)19-15(8)12)11-3-9(16(22)23)2-10-6-18-20-14(10)11/h1-4,6H,5H2,(H,18,20)(H,19,21)(H,22,23). The van der Waals surface area contributed by atoms with Gasteiger partial charge in [-0.25, -0.2) is 9.18 Å². The van der Waals surface area contributed by atoms with Gasteiger partial charge in [-0.15, -0.1) is 0 Å². The number of nitrogens with zero attached hydrogens (tertiary/aromatic N) is 1. The fourth-order valence-electron chi connectivity index (χ4n) is 2.86. The minimum absolute atomic E-state index is 0.0870. The first kappa shape index (κ1) is 13.4. The van der Waals surface area contributed by atoms with E-state index in [-0.39, 0.29) is 23.6 Å². The summed E-state index contributed by atoms with van der Waals surface area (Å²) < 4.78 is 14.2. The molecule has 7 heteroatoms. The fourth-order valence-corrected chi connectivity index (χ4v) is 2.86. The third-order valence-electron chi connectivity index (χ3n) is 3.89. The molecule has 0 bridgehead atoms. The lowest BCUT2D eigenvalue weighted by molar-refractivity contribution is -0.115. The van der Waals surface area contributed by atoms with Crippen molar-refractivity contribution in [2.45, 2.75) is 6.42 Å². The minimum atomic E-state index is -1.08. The Morgan fingerprint density at radius 3 is 2.87 bits per heavy atom. The predicted octanol–water partition coefficient (Wildman–Crippen LogP) is 2.56. The van der Waals surface area contributed by atoms with Gasteiger partial charge in [0.25, 0.3) is 0 Å². The molecule has 0 saturated carbocycles. The normalized spacial score (nSPS) is 13.2. The number of nitrogens with one attached hydrogen (secondary N) is 2. The molecule has 23 heavy (non-hydrogen) atoms. The van der Waals surface area contributed by atoms with E-state index in [9.17, 15) is 19.1 Å². The largest absolute Gasteiger partial charge is 0.478 e. The average molecular weight is 311 g/mol. The van der Waals surface area contributed by atoms with Crippen molar-refractivity contribution in [2.75, 3.05) is 5.32 Å². The minimum Gasteiger partial charge on any atom is -0.478 e. The number of benzene rings is 2. The molecule has 0 aliphatic carbocycles. The van der Waals surface area contributed by atoms with Gasteiger partial charge in [0.2, 0.25) is 5.91 Å². The number of hydrogen-bond acceptors (Lipinski definition) is 3. The monoisotopic (exact) mass is 311 g/mol. The number of halogens is 1. The molecule has 0 saturated heterocycles. The summed E-state index contributed by atoms with van der Waals surface area (Å²) in [4.78, 5) is 22.7. The second-order valence-electron chi connectivity index (χ2n) is 5.38. The Morgan fingerprint density at radius 2 is 2.09 bits per heavy atom. The lowest BCUT2D eigenvalue weighted by Gasteiger charge is -2.08. The Balaban J connectivity index is 1.98. The Labute approximate surface area is 128 Å². The molecule has 0 spiro atoms. The number of aromatic carboxylic acids is 1. The van der Waals surface area contributed by atoms with Crippen LogP contribution in [-0.4, -0.2) is 27.2 Å². The Hall–Kier alpha value is -3.22. The van der Waals surface area contributed by atoms with Gasteiger partial charge in [-0.1, -0.05) is 0 Å². The summed E-state index contributed by atoms with van der Waals surface area (Å²) in [6.45, 7) is 0. The van der Waals surface area contributed by atoms with Crippen LogP contribution in [0.3, 0.4) is 0 Å². The van der Waals surface area contributed by atoms with Gasteiger partial charge in [-0.05, 0) is 35.4 Å². The van der Waals surface area contributed by atoms with Gasteiger partial charge in [0.15, 0.2) is 0 Å². The van der Waals surface area contributed by atoms with E-state index in [2.05, 4.69) is 15.5 Å². The number of hydrogen-bond donors (Lipinski definition) is 3. The quantitative estimate of drug-likeness (QED) is 0.678. The highest BCUT2D eigenvalue weighted by atomic mass is 19.1. The molecule has 2 aromatic carbocycles. The molecule has 0 unspecified atom stereocenters. The summed E-state index contributed by atoms with van der Waals surface area (Å²) in [5.74, 6) is -1.88. The van der Waals surface area contributed by atoms with E-state index < -0.39 is 11.8 Å². The lowest BCUT2D eigenvalue weighted by Crippen LogP contribution is -2.04. The molecule has 0 fully saturated rings. The summed E-state index contributed by atoms with van der Waals surface area (Å²) in [6.07, 6.45) is 1.62. The van der Waals surface area contributed by atoms with Gasteiger partial charge < -0.3 is 10.4 Å². The van der Waals surface area contributed by atoms with Crippen LogP contribution in [0, 0.1) is 5.82 Å². The summed E-state index contributed by atoms with van der Waals surface area (Å²) in [6, 6.07) is 5.94. The third-order valence-corrected chi connectivity index (χ3v) is 3.89. The highest BCUT2D eigenvalue weighted by Gasteiger charge is 2.23. The average Bonchev–Trinajstić information content (AvgIpc) is 3.11. The molecule has 3 N–H and O–H groups in total. The van der Waals surface area contributed by atoms with Gasteiger partial charge in [0.1, 0.15) is 5.82 Å². The van der Waals surface area contributed by atoms with Gasteiger partial charge >= 0.3 is 5.97 Å². The Morgan fingerprint density at radius 1 is 1.26 bits per heavy atom. The van der Waals surface area contributed by atoms with Crippen molar-refractivity contribution >= 4 is 28.5 Å². The van der Waals surface area contributed by atoms with E-state index in [1.54, 1.807) is 6.07 Å². The maximum Gasteiger partial charge on any atom is 0.335 e. The molecule has 3 aromatic rings. The number of anilines is 1. The molecule has 2 heterocycles. The molecule has 0 atom stereocenters. The number of carbonyl (C=O) groups is 2. The number of carboxylic acid groups (broad SMARTS) is 1. The zero-order valence-corrected chi connectivity index (χ0v) is 11.7. The van der Waals surface area contributed by atoms with E-state index in [1.807, 2.05) is 0 Å². The Kier molecular flexibility index (Phi) is 2.71. The lowest BCUT2D eigenvalue weighted by atomic mass is 9.97. The van der Waals surface area contributed by atoms with Crippen LogP contribution in [0.25, 0.3) is 22.0 Å². The topological polar surface area (TPSA) is 95.1 Å². The van der Waals surface area contributed by atoms with Crippen LogP contribution in [-0.2, 0) is 11.2 Å². The number of rotatable bonds is 2. The number of amides is 1. The van der Waals surface area contributed by atoms with Crippen molar-refractivity contribution < 1.29 is 19.1 Å². The van der Waals surface area contributed by atoms with Gasteiger partial charge in [-0.3, -0.25) is 9.89 Å². The molecule has 1 amide bonds. The van der Waals surface area contributed by atoms with Gasteiger partial charge in [-0.2, -0.15) is 5.10 Å². The first-order chi connectivity index (χ1) is 11.0. The zero-order valence-electron chi connectivity index (χ0n) is 11.7. The van der Waals surface area contributed by atoms with Crippen LogP contribution in [0.4, 0.5) is 10.1 Å². The van der Waals surface area contributed by atoms with Crippen LogP contribution in [0.5, 0.6) is 0 Å². The van der Waals surface area contributed by atoms with Crippen LogP contribution in [0.15, 0.2) is 30.5 Å². The highest BCUT2D eigenvalue weighted by molar-refractivity contribution is 6.03. The molecule has 0 radical (unpaired) electrons. The summed E-state index contributed by atoms with van der Waals surface area (Å²) in [5, 5.41) is 19.1. The molecule has 1 aliphatic rings. The van der Waals surface area contributed by atoms with E-state index in [4.69, 9.17) is 0 Å². The molecule has 6 nitrogen and oxygen atoms in total. The maximum absolute atomic E-state index is 14.2. The number of fused-ring (bicyclic) bond motifs is 2. The van der Waals surface area contributed by atoms with Crippen LogP contribution < -0.4 is 5.32 Å². The highest BCUT2D eigenvalue weighted by Crippen LogP contribution is 2.35. The number of aromatic amines is 1. The predicted molar refractivity (Wildman–Crippen MR) is 80.8 cm³/mol. The molecule has 4 rings (SSSR count). The van der Waals surface area contributed by atoms with Crippen molar-refractivity contribution in [3.63, 3.8) is 0 Å². The van der Waals surface area contributed by atoms with Crippen LogP contribution in [0.1, 0.15) is 15.9 Å². The Bertz CT molecular complexity index is 994. The fraction of sp³-hybridized carbons (Fsp3) is 0.0625. The summed E-state index contributed by atoms with van der Waals surface area (Å²) in [7, 11) is 0. The van der Waals surface area contributed by atoms with Crippen molar-refractivity contribution in [3.05, 3.63) is 47.4 Å². The second-order valence-corrected chi connectivity index (χ2v) is 5.38. The van der Waals surface area contributed by atoms with Crippen molar-refractivity contribution in [2.24, 2.45) is 0 Å². The number of H-pyrrole nitrogens is 1. The first-order valence-electron chi connectivity index (χ1n) is 6.86. The van der Waals surface area contributed by atoms with Crippen molar-refractivity contribution in [1.29, 1.82) is 0 Å². The first-order valence-corrected chi connectivity index (χ1v) is 6.86. The molecule has 1 aromatic heterocycles.